The van der Waals surface area contributed by atoms with Gasteiger partial charge < -0.3 is 10.6 Å². The van der Waals surface area contributed by atoms with Gasteiger partial charge in [-0.15, -0.1) is 0 Å². The van der Waals surface area contributed by atoms with Crippen molar-refractivity contribution in [3.05, 3.63) is 35.9 Å². The van der Waals surface area contributed by atoms with E-state index in [2.05, 4.69) is 10.6 Å². The van der Waals surface area contributed by atoms with Crippen LogP contribution in [0.1, 0.15) is 26.3 Å². The van der Waals surface area contributed by atoms with Crippen molar-refractivity contribution in [2.24, 2.45) is 0 Å². The van der Waals surface area contributed by atoms with Crippen LogP contribution in [-0.4, -0.2) is 35.3 Å². The molecule has 1 unspecified atom stereocenters. The number of hydrogen-bond donors (Lipinski definition) is 2. The highest BCUT2D eigenvalue weighted by atomic mass is 16.2. The van der Waals surface area contributed by atoms with E-state index in [1.165, 1.54) is 0 Å². The average molecular weight is 289 g/mol. The maximum atomic E-state index is 12.5. The highest BCUT2D eigenvalue weighted by Gasteiger charge is 2.49. The van der Waals surface area contributed by atoms with E-state index in [1.807, 2.05) is 19.9 Å². The molecule has 1 aliphatic heterocycles. The van der Waals surface area contributed by atoms with Gasteiger partial charge in [0, 0.05) is 6.04 Å². The van der Waals surface area contributed by atoms with Crippen LogP contribution in [-0.2, 0) is 15.1 Å². The molecular weight excluding hydrogens is 270 g/mol. The van der Waals surface area contributed by atoms with E-state index < -0.39 is 17.5 Å². The summed E-state index contributed by atoms with van der Waals surface area (Å²) >= 11 is 0. The van der Waals surface area contributed by atoms with Crippen LogP contribution in [0.3, 0.4) is 0 Å². The molecule has 1 heterocycles. The Morgan fingerprint density at radius 1 is 1.29 bits per heavy atom. The molecule has 1 aromatic carbocycles. The van der Waals surface area contributed by atoms with Crippen molar-refractivity contribution >= 4 is 17.8 Å². The molecule has 2 rings (SSSR count). The lowest BCUT2D eigenvalue weighted by Gasteiger charge is -2.22. The van der Waals surface area contributed by atoms with E-state index in [1.54, 1.807) is 31.2 Å². The minimum absolute atomic E-state index is 0.0428. The number of nitrogens with zero attached hydrogens (tertiary/aromatic N) is 1. The highest BCUT2D eigenvalue weighted by Crippen LogP contribution is 2.28. The number of urea groups is 1. The first-order valence-corrected chi connectivity index (χ1v) is 6.83. The van der Waals surface area contributed by atoms with Gasteiger partial charge in [0.05, 0.1) is 0 Å². The summed E-state index contributed by atoms with van der Waals surface area (Å²) in [6.07, 6.45) is 0. The van der Waals surface area contributed by atoms with E-state index in [9.17, 15) is 14.4 Å². The predicted octanol–water partition coefficient (Wildman–Crippen LogP) is 0.978. The van der Waals surface area contributed by atoms with E-state index in [0.29, 0.717) is 5.56 Å². The second-order valence-electron chi connectivity index (χ2n) is 5.53. The molecule has 1 aromatic rings. The van der Waals surface area contributed by atoms with Gasteiger partial charge in [-0.05, 0) is 26.3 Å². The second-order valence-corrected chi connectivity index (χ2v) is 5.53. The molecule has 0 aromatic heterocycles. The van der Waals surface area contributed by atoms with Crippen molar-refractivity contribution in [3.8, 4) is 0 Å². The number of carbonyl (C=O) groups is 3. The topological polar surface area (TPSA) is 78.5 Å². The van der Waals surface area contributed by atoms with E-state index >= 15 is 0 Å². The molecule has 112 valence electrons. The lowest BCUT2D eigenvalue weighted by Crippen LogP contribution is -2.44. The lowest BCUT2D eigenvalue weighted by atomic mass is 9.92. The Balaban J connectivity index is 2.19. The molecular formula is C15H19N3O3. The number of nitrogens with one attached hydrogen (secondary N) is 2. The summed E-state index contributed by atoms with van der Waals surface area (Å²) in [6, 6.07) is 8.39. The van der Waals surface area contributed by atoms with Crippen molar-refractivity contribution in [2.45, 2.75) is 32.4 Å². The minimum atomic E-state index is -1.13. The summed E-state index contributed by atoms with van der Waals surface area (Å²) in [5, 5.41) is 5.33. The fraction of sp³-hybridized carbons (Fsp3) is 0.400. The number of hydrogen-bond acceptors (Lipinski definition) is 3. The Morgan fingerprint density at radius 3 is 2.48 bits per heavy atom. The zero-order chi connectivity index (χ0) is 15.6. The van der Waals surface area contributed by atoms with Gasteiger partial charge in [-0.2, -0.15) is 0 Å². The summed E-state index contributed by atoms with van der Waals surface area (Å²) < 4.78 is 0. The monoisotopic (exact) mass is 289 g/mol. The van der Waals surface area contributed by atoms with Gasteiger partial charge >= 0.3 is 6.03 Å². The highest BCUT2D eigenvalue weighted by molar-refractivity contribution is 6.09. The maximum Gasteiger partial charge on any atom is 0.325 e. The molecule has 0 radical (unpaired) electrons. The van der Waals surface area contributed by atoms with Gasteiger partial charge in [-0.1, -0.05) is 30.3 Å². The first-order chi connectivity index (χ1) is 9.84. The summed E-state index contributed by atoms with van der Waals surface area (Å²) in [4.78, 5) is 37.2. The Bertz CT molecular complexity index is 571. The van der Waals surface area contributed by atoms with Gasteiger partial charge in [-0.25, -0.2) is 4.79 Å². The summed E-state index contributed by atoms with van der Waals surface area (Å²) in [7, 11) is 0. The van der Waals surface area contributed by atoms with Crippen LogP contribution < -0.4 is 10.6 Å². The third-order valence-corrected chi connectivity index (χ3v) is 3.38. The Morgan fingerprint density at radius 2 is 1.90 bits per heavy atom. The molecule has 0 bridgehead atoms. The molecule has 1 aliphatic rings. The van der Waals surface area contributed by atoms with Crippen LogP contribution in [0, 0.1) is 0 Å². The molecule has 1 saturated heterocycles. The van der Waals surface area contributed by atoms with Crippen molar-refractivity contribution in [2.75, 3.05) is 6.54 Å². The van der Waals surface area contributed by atoms with Crippen molar-refractivity contribution in [1.29, 1.82) is 0 Å². The summed E-state index contributed by atoms with van der Waals surface area (Å²) in [5.41, 5.74) is -0.439. The summed E-state index contributed by atoms with van der Waals surface area (Å²) in [6.45, 7) is 5.00. The average Bonchev–Trinajstić information content (AvgIpc) is 2.64. The van der Waals surface area contributed by atoms with Crippen molar-refractivity contribution in [3.63, 3.8) is 0 Å². The van der Waals surface area contributed by atoms with Crippen LogP contribution in [0.4, 0.5) is 4.79 Å². The molecule has 1 fully saturated rings. The van der Waals surface area contributed by atoms with Gasteiger partial charge in [0.1, 0.15) is 12.1 Å². The molecule has 4 amide bonds. The number of benzene rings is 1. The number of imide groups is 1. The Hall–Kier alpha value is -2.37. The molecule has 1 atom stereocenters. The first-order valence-electron chi connectivity index (χ1n) is 6.83. The smallest absolute Gasteiger partial charge is 0.325 e. The third-order valence-electron chi connectivity index (χ3n) is 3.38. The standard InChI is InChI=1S/C15H19N3O3/c1-10(2)16-12(19)9-18-13(20)15(3,17-14(18)21)11-7-5-4-6-8-11/h4-8,10H,9H2,1-3H3,(H,16,19)(H,17,21). The molecule has 21 heavy (non-hydrogen) atoms. The summed E-state index contributed by atoms with van der Waals surface area (Å²) in [5.74, 6) is -0.775. The van der Waals surface area contributed by atoms with Crippen molar-refractivity contribution in [1.82, 2.24) is 15.5 Å². The fourth-order valence-corrected chi connectivity index (χ4v) is 2.32. The van der Waals surface area contributed by atoms with Crippen molar-refractivity contribution < 1.29 is 14.4 Å². The SMILES string of the molecule is CC(C)NC(=O)CN1C(=O)NC(C)(c2ccccc2)C1=O. The molecule has 0 saturated carbocycles. The van der Waals surface area contributed by atoms with E-state index in [4.69, 9.17) is 0 Å². The normalized spacial score (nSPS) is 21.6. The number of amides is 4. The first kappa shape index (κ1) is 15.0. The molecule has 6 nitrogen and oxygen atoms in total. The van der Waals surface area contributed by atoms with Gasteiger partial charge in [0.15, 0.2) is 0 Å². The number of rotatable bonds is 4. The van der Waals surface area contributed by atoms with E-state index in [-0.39, 0.29) is 18.5 Å². The van der Waals surface area contributed by atoms with Crippen LogP contribution >= 0.6 is 0 Å². The number of carbonyl (C=O) groups excluding carboxylic acids is 3. The maximum absolute atomic E-state index is 12.5. The van der Waals surface area contributed by atoms with Gasteiger partial charge in [0.25, 0.3) is 5.91 Å². The largest absolute Gasteiger partial charge is 0.352 e. The Labute approximate surface area is 123 Å². The lowest BCUT2D eigenvalue weighted by molar-refractivity contribution is -0.135. The Kier molecular flexibility index (Phi) is 3.97. The third kappa shape index (κ3) is 2.89. The quantitative estimate of drug-likeness (QED) is 0.811. The van der Waals surface area contributed by atoms with Gasteiger partial charge in [0.2, 0.25) is 5.91 Å². The minimum Gasteiger partial charge on any atom is -0.352 e. The van der Waals surface area contributed by atoms with Gasteiger partial charge in [-0.3, -0.25) is 14.5 Å². The van der Waals surface area contributed by atoms with Crippen LogP contribution in [0.15, 0.2) is 30.3 Å². The molecule has 6 heteroatoms. The van der Waals surface area contributed by atoms with Crippen LogP contribution in [0.25, 0.3) is 0 Å². The predicted molar refractivity (Wildman–Crippen MR) is 77.3 cm³/mol. The van der Waals surface area contributed by atoms with E-state index in [0.717, 1.165) is 4.90 Å². The second kappa shape index (κ2) is 5.55. The molecule has 2 N–H and O–H groups in total. The molecule has 0 spiro atoms. The zero-order valence-electron chi connectivity index (χ0n) is 12.3. The zero-order valence-corrected chi connectivity index (χ0v) is 12.3. The van der Waals surface area contributed by atoms with Crippen LogP contribution in [0.2, 0.25) is 0 Å². The van der Waals surface area contributed by atoms with Crippen LogP contribution in [0.5, 0.6) is 0 Å². The molecule has 0 aliphatic carbocycles. The fourth-order valence-electron chi connectivity index (χ4n) is 2.32.